The van der Waals surface area contributed by atoms with Crippen LogP contribution in [0.25, 0.3) is 11.2 Å². The summed E-state index contributed by atoms with van der Waals surface area (Å²) in [5.74, 6) is 1.51. The Labute approximate surface area is 169 Å². The molecule has 2 heterocycles. The SMILES string of the molecule is C/C(=C\Cn1c[n+](C)c2ncnc(N)c21)CC/C=C(\C)CCC1CCCCC1. The first kappa shape index (κ1) is 20.6. The second kappa shape index (κ2) is 9.85. The number of nitrogens with zero attached hydrogens (tertiary/aromatic N) is 4. The van der Waals surface area contributed by atoms with Crippen molar-refractivity contribution in [1.29, 1.82) is 0 Å². The van der Waals surface area contributed by atoms with Gasteiger partial charge in [0.25, 0.3) is 0 Å². The molecule has 0 radical (unpaired) electrons. The summed E-state index contributed by atoms with van der Waals surface area (Å²) in [6, 6.07) is 0. The molecule has 0 saturated heterocycles. The van der Waals surface area contributed by atoms with Gasteiger partial charge in [0.05, 0.1) is 13.6 Å². The third kappa shape index (κ3) is 5.43. The van der Waals surface area contributed by atoms with Gasteiger partial charge in [0.2, 0.25) is 5.52 Å². The first-order valence-corrected chi connectivity index (χ1v) is 10.8. The number of rotatable bonds is 8. The molecule has 2 aromatic heterocycles. The summed E-state index contributed by atoms with van der Waals surface area (Å²) in [6.07, 6.45) is 20.4. The minimum Gasteiger partial charge on any atom is -0.380 e. The maximum Gasteiger partial charge on any atom is 0.307 e. The van der Waals surface area contributed by atoms with Crippen molar-refractivity contribution in [3.8, 4) is 0 Å². The molecule has 3 rings (SSSR count). The maximum atomic E-state index is 6.06. The number of hydrogen-bond acceptors (Lipinski definition) is 3. The molecule has 0 spiro atoms. The quantitative estimate of drug-likeness (QED) is 0.523. The van der Waals surface area contributed by atoms with Crippen LogP contribution in [-0.2, 0) is 13.6 Å². The lowest BCUT2D eigenvalue weighted by molar-refractivity contribution is -0.647. The number of aromatic nitrogens is 4. The summed E-state index contributed by atoms with van der Waals surface area (Å²) >= 11 is 0. The lowest BCUT2D eigenvalue weighted by atomic mass is 9.85. The van der Waals surface area contributed by atoms with E-state index in [-0.39, 0.29) is 0 Å². The Balaban J connectivity index is 1.48. The van der Waals surface area contributed by atoms with Crippen molar-refractivity contribution in [1.82, 2.24) is 14.5 Å². The van der Waals surface area contributed by atoms with Crippen LogP contribution in [0.3, 0.4) is 0 Å². The number of aryl methyl sites for hydroxylation is 1. The Bertz CT molecular complexity index is 840. The van der Waals surface area contributed by atoms with Crippen LogP contribution in [0, 0.1) is 5.92 Å². The van der Waals surface area contributed by atoms with Gasteiger partial charge in [0.15, 0.2) is 18.5 Å². The van der Waals surface area contributed by atoms with Crippen LogP contribution < -0.4 is 10.3 Å². The molecule has 0 amide bonds. The van der Waals surface area contributed by atoms with Gasteiger partial charge in [-0.2, -0.15) is 4.98 Å². The van der Waals surface area contributed by atoms with E-state index in [1.54, 1.807) is 5.57 Å². The van der Waals surface area contributed by atoms with Crippen LogP contribution >= 0.6 is 0 Å². The van der Waals surface area contributed by atoms with Gasteiger partial charge in [-0.1, -0.05) is 60.4 Å². The largest absolute Gasteiger partial charge is 0.380 e. The maximum absolute atomic E-state index is 6.06. The Kier molecular flexibility index (Phi) is 7.24. The molecule has 0 unspecified atom stereocenters. The molecular formula is C23H36N5+. The van der Waals surface area contributed by atoms with Crippen LogP contribution in [0.15, 0.2) is 36.0 Å². The van der Waals surface area contributed by atoms with Crippen LogP contribution in [0.2, 0.25) is 0 Å². The minimum absolute atomic E-state index is 0.535. The number of hydrogen-bond donors (Lipinski definition) is 1. The summed E-state index contributed by atoms with van der Waals surface area (Å²) < 4.78 is 4.12. The Morgan fingerprint density at radius 1 is 1.14 bits per heavy atom. The molecule has 0 bridgehead atoms. The fraction of sp³-hybridized carbons (Fsp3) is 0.609. The van der Waals surface area contributed by atoms with Crippen molar-refractivity contribution in [2.45, 2.75) is 78.2 Å². The van der Waals surface area contributed by atoms with E-state index in [0.717, 1.165) is 36.5 Å². The zero-order valence-electron chi connectivity index (χ0n) is 17.8. The standard InChI is InChI=1S/C23H36N5/c1-18(12-13-20-10-5-4-6-11-20)8-7-9-19(2)14-15-28-17-27(3)23-21(28)22(24)25-16-26-23/h8,14,16-17,20H,4-7,9-13,15H2,1-3H3,(H2,24,25,26)/q+1/b18-8+,19-14+. The van der Waals surface area contributed by atoms with Gasteiger partial charge < -0.3 is 5.73 Å². The molecule has 1 aliphatic rings. The van der Waals surface area contributed by atoms with Gasteiger partial charge >= 0.3 is 5.65 Å². The topological polar surface area (TPSA) is 60.6 Å². The van der Waals surface area contributed by atoms with Crippen molar-refractivity contribution < 1.29 is 4.57 Å². The molecule has 152 valence electrons. The molecular weight excluding hydrogens is 346 g/mol. The van der Waals surface area contributed by atoms with Crippen LogP contribution in [0.1, 0.15) is 71.6 Å². The van der Waals surface area contributed by atoms with Gasteiger partial charge in [-0.15, -0.1) is 0 Å². The van der Waals surface area contributed by atoms with E-state index < -0.39 is 0 Å². The average Bonchev–Trinajstić information content (AvgIpc) is 3.03. The van der Waals surface area contributed by atoms with E-state index in [1.165, 1.54) is 56.8 Å². The third-order valence-electron chi connectivity index (χ3n) is 6.10. The highest BCUT2D eigenvalue weighted by molar-refractivity contribution is 5.79. The molecule has 0 aromatic carbocycles. The summed E-state index contributed by atoms with van der Waals surface area (Å²) in [5, 5.41) is 0. The molecule has 5 nitrogen and oxygen atoms in total. The smallest absolute Gasteiger partial charge is 0.307 e. The monoisotopic (exact) mass is 382 g/mol. The lowest BCUT2D eigenvalue weighted by Crippen LogP contribution is -2.26. The Morgan fingerprint density at radius 2 is 1.89 bits per heavy atom. The average molecular weight is 383 g/mol. The molecule has 1 saturated carbocycles. The first-order valence-electron chi connectivity index (χ1n) is 10.8. The number of fused-ring (bicyclic) bond motifs is 1. The van der Waals surface area contributed by atoms with Gasteiger partial charge in [0.1, 0.15) is 0 Å². The van der Waals surface area contributed by atoms with E-state index in [4.69, 9.17) is 5.73 Å². The van der Waals surface area contributed by atoms with E-state index in [9.17, 15) is 0 Å². The second-order valence-corrected chi connectivity index (χ2v) is 8.49. The molecule has 28 heavy (non-hydrogen) atoms. The summed E-state index contributed by atoms with van der Waals surface area (Å²) in [7, 11) is 1.99. The fourth-order valence-corrected chi connectivity index (χ4v) is 4.29. The van der Waals surface area contributed by atoms with E-state index >= 15 is 0 Å². The van der Waals surface area contributed by atoms with Gasteiger partial charge in [-0.3, -0.25) is 4.57 Å². The number of imidazole rings is 1. The van der Waals surface area contributed by atoms with Crippen molar-refractivity contribution in [2.75, 3.05) is 5.73 Å². The second-order valence-electron chi connectivity index (χ2n) is 8.49. The fourth-order valence-electron chi connectivity index (χ4n) is 4.29. The summed E-state index contributed by atoms with van der Waals surface area (Å²) in [5.41, 5.74) is 10.8. The van der Waals surface area contributed by atoms with Crippen molar-refractivity contribution >= 4 is 17.0 Å². The van der Waals surface area contributed by atoms with Crippen LogP contribution in [0.5, 0.6) is 0 Å². The number of anilines is 1. The zero-order chi connectivity index (χ0) is 19.9. The minimum atomic E-state index is 0.535. The first-order chi connectivity index (χ1) is 13.5. The molecule has 1 fully saturated rings. The molecule has 2 N–H and O–H groups in total. The normalized spacial score (nSPS) is 16.8. The Morgan fingerprint density at radius 3 is 2.68 bits per heavy atom. The number of nitrogens with two attached hydrogens (primary N) is 1. The highest BCUT2D eigenvalue weighted by Gasteiger charge is 2.17. The highest BCUT2D eigenvalue weighted by atomic mass is 15.2. The molecule has 0 aliphatic heterocycles. The number of nitrogen functional groups attached to an aromatic ring is 1. The molecule has 1 aliphatic carbocycles. The Hall–Kier alpha value is -2.17. The van der Waals surface area contributed by atoms with E-state index in [0.29, 0.717) is 5.82 Å². The summed E-state index contributed by atoms with van der Waals surface area (Å²) in [6.45, 7) is 5.32. The molecule has 2 aromatic rings. The lowest BCUT2D eigenvalue weighted by Gasteiger charge is -2.21. The van der Waals surface area contributed by atoms with Crippen LogP contribution in [-0.4, -0.2) is 14.5 Å². The van der Waals surface area contributed by atoms with E-state index in [1.807, 2.05) is 17.9 Å². The summed E-state index contributed by atoms with van der Waals surface area (Å²) in [4.78, 5) is 8.46. The van der Waals surface area contributed by atoms with E-state index in [2.05, 4.69) is 40.5 Å². The predicted octanol–water partition coefficient (Wildman–Crippen LogP) is 4.87. The number of allylic oxidation sites excluding steroid dienone is 4. The molecule has 5 heteroatoms. The van der Waals surface area contributed by atoms with Crippen molar-refractivity contribution in [2.24, 2.45) is 13.0 Å². The van der Waals surface area contributed by atoms with Gasteiger partial charge in [-0.25, -0.2) is 4.57 Å². The zero-order valence-corrected chi connectivity index (χ0v) is 17.8. The van der Waals surface area contributed by atoms with Crippen molar-refractivity contribution in [3.63, 3.8) is 0 Å². The van der Waals surface area contributed by atoms with Crippen molar-refractivity contribution in [3.05, 3.63) is 36.0 Å². The third-order valence-corrected chi connectivity index (χ3v) is 6.10. The predicted molar refractivity (Wildman–Crippen MR) is 116 cm³/mol. The van der Waals surface area contributed by atoms with Gasteiger partial charge in [0, 0.05) is 0 Å². The van der Waals surface area contributed by atoms with Crippen LogP contribution in [0.4, 0.5) is 5.82 Å². The molecule has 0 atom stereocenters. The van der Waals surface area contributed by atoms with Gasteiger partial charge in [-0.05, 0) is 45.4 Å². The highest BCUT2D eigenvalue weighted by Crippen LogP contribution is 2.28.